The fourth-order valence-electron chi connectivity index (χ4n) is 5.13. The highest BCUT2D eigenvalue weighted by atomic mass is 16.3. The number of ketones is 3. The molecule has 6 heteroatoms. The fourth-order valence-corrected chi connectivity index (χ4v) is 5.13. The lowest BCUT2D eigenvalue weighted by atomic mass is 9.76. The summed E-state index contributed by atoms with van der Waals surface area (Å²) in [5.41, 5.74) is 0.797. The average Bonchev–Trinajstić information content (AvgIpc) is 2.78. The fraction of sp³-hybridized carbons (Fsp3) is 0.318. The van der Waals surface area contributed by atoms with Gasteiger partial charge in [-0.2, -0.15) is 0 Å². The number of phenolic OH excluding ortho intramolecular Hbond substituents is 2. The van der Waals surface area contributed by atoms with Gasteiger partial charge in [-0.3, -0.25) is 19.3 Å². The van der Waals surface area contributed by atoms with E-state index in [9.17, 15) is 24.6 Å². The molecule has 3 aliphatic rings. The topological polar surface area (TPSA) is 94.9 Å². The Morgan fingerprint density at radius 2 is 1.71 bits per heavy atom. The molecule has 2 heterocycles. The van der Waals surface area contributed by atoms with Gasteiger partial charge in [-0.05, 0) is 26.5 Å². The number of hydrogen-bond donors (Lipinski definition) is 2. The Morgan fingerprint density at radius 3 is 2.43 bits per heavy atom. The van der Waals surface area contributed by atoms with E-state index in [-0.39, 0.29) is 52.4 Å². The number of rotatable bonds is 0. The zero-order chi connectivity index (χ0) is 20.1. The second-order valence-corrected chi connectivity index (χ2v) is 8.20. The first-order valence-electron chi connectivity index (χ1n) is 9.24. The molecule has 6 nitrogen and oxygen atoms in total. The summed E-state index contributed by atoms with van der Waals surface area (Å²) in [7, 11) is 1.81. The van der Waals surface area contributed by atoms with Crippen LogP contribution in [0.5, 0.6) is 11.5 Å². The Hall–Kier alpha value is -2.99. The number of nitrogens with zero attached hydrogens (tertiary/aromatic N) is 1. The number of carbonyl (C=O) groups is 3. The highest BCUT2D eigenvalue weighted by Crippen LogP contribution is 2.55. The van der Waals surface area contributed by atoms with Gasteiger partial charge < -0.3 is 10.2 Å². The lowest BCUT2D eigenvalue weighted by Crippen LogP contribution is -2.48. The summed E-state index contributed by atoms with van der Waals surface area (Å²) in [4.78, 5) is 40.9. The molecule has 1 aliphatic carbocycles. The van der Waals surface area contributed by atoms with Gasteiger partial charge in [0.25, 0.3) is 0 Å². The molecule has 1 fully saturated rings. The van der Waals surface area contributed by atoms with E-state index in [4.69, 9.17) is 0 Å². The third-order valence-electron chi connectivity index (χ3n) is 6.87. The van der Waals surface area contributed by atoms with Gasteiger partial charge in [0.2, 0.25) is 0 Å². The Morgan fingerprint density at radius 1 is 1.04 bits per heavy atom. The summed E-state index contributed by atoms with van der Waals surface area (Å²) < 4.78 is 0. The van der Waals surface area contributed by atoms with Crippen molar-refractivity contribution in [2.24, 2.45) is 0 Å². The van der Waals surface area contributed by atoms with Crippen molar-refractivity contribution >= 4 is 17.3 Å². The Kier molecular flexibility index (Phi) is 3.11. The van der Waals surface area contributed by atoms with Crippen LogP contribution in [0.15, 0.2) is 18.2 Å². The van der Waals surface area contributed by atoms with E-state index in [0.29, 0.717) is 16.7 Å². The maximum Gasteiger partial charge on any atom is 0.198 e. The second kappa shape index (κ2) is 5.08. The number of likely N-dealkylation sites (N-methyl/N-ethyl adjacent to an activating group) is 1. The van der Waals surface area contributed by atoms with Gasteiger partial charge >= 0.3 is 0 Å². The first-order valence-corrected chi connectivity index (χ1v) is 9.24. The second-order valence-electron chi connectivity index (χ2n) is 8.20. The van der Waals surface area contributed by atoms with E-state index >= 15 is 0 Å². The summed E-state index contributed by atoms with van der Waals surface area (Å²) in [6.07, 6.45) is 0.381. The molecule has 2 bridgehead atoms. The number of aryl methyl sites for hydroxylation is 1. The van der Waals surface area contributed by atoms with Crippen LogP contribution in [0.4, 0.5) is 0 Å². The number of fused-ring (bicyclic) bond motifs is 6. The van der Waals surface area contributed by atoms with E-state index in [1.165, 1.54) is 0 Å². The molecule has 0 spiro atoms. The number of hydrogen-bond acceptors (Lipinski definition) is 6. The van der Waals surface area contributed by atoms with Crippen molar-refractivity contribution in [1.82, 2.24) is 4.90 Å². The van der Waals surface area contributed by atoms with E-state index in [0.717, 1.165) is 0 Å². The van der Waals surface area contributed by atoms with Crippen molar-refractivity contribution in [2.75, 3.05) is 7.05 Å². The number of carbonyl (C=O) groups excluding carboxylic acids is 3. The Labute approximate surface area is 161 Å². The summed E-state index contributed by atoms with van der Waals surface area (Å²) in [6.45, 7) is 3.54. The van der Waals surface area contributed by atoms with Gasteiger partial charge in [-0.25, -0.2) is 0 Å². The number of benzene rings is 2. The van der Waals surface area contributed by atoms with Crippen LogP contribution in [0.25, 0.3) is 0 Å². The molecule has 2 aromatic carbocycles. The largest absolute Gasteiger partial charge is 0.507 e. The van der Waals surface area contributed by atoms with Gasteiger partial charge in [0.15, 0.2) is 17.3 Å². The van der Waals surface area contributed by atoms with Gasteiger partial charge in [0.1, 0.15) is 11.5 Å². The van der Waals surface area contributed by atoms with E-state index < -0.39 is 23.1 Å². The highest BCUT2D eigenvalue weighted by molar-refractivity contribution is 6.31. The molecule has 142 valence electrons. The summed E-state index contributed by atoms with van der Waals surface area (Å²) >= 11 is 0. The molecule has 2 aliphatic heterocycles. The van der Waals surface area contributed by atoms with Crippen LogP contribution < -0.4 is 0 Å². The first kappa shape index (κ1) is 17.1. The predicted molar refractivity (Wildman–Crippen MR) is 100 cm³/mol. The SMILES string of the molecule is Cc1cccc2c1C(=O)c1c(O)c3c(c(O)c1C2=O)CC1(C)C(=O)CC3N1C. The van der Waals surface area contributed by atoms with Crippen molar-refractivity contribution in [2.45, 2.75) is 38.3 Å². The molecule has 2 atom stereocenters. The van der Waals surface area contributed by atoms with Crippen LogP contribution >= 0.6 is 0 Å². The minimum Gasteiger partial charge on any atom is -0.507 e. The molecule has 2 unspecified atom stereocenters. The third kappa shape index (κ3) is 1.74. The normalized spacial score (nSPS) is 25.5. The maximum absolute atomic E-state index is 13.2. The van der Waals surface area contributed by atoms with Crippen molar-refractivity contribution in [3.05, 3.63) is 57.1 Å². The maximum atomic E-state index is 13.2. The zero-order valence-electron chi connectivity index (χ0n) is 15.8. The Balaban J connectivity index is 1.86. The molecule has 28 heavy (non-hydrogen) atoms. The van der Waals surface area contributed by atoms with Gasteiger partial charge in [-0.1, -0.05) is 18.2 Å². The molecule has 0 saturated carbocycles. The van der Waals surface area contributed by atoms with Crippen molar-refractivity contribution < 1.29 is 24.6 Å². The van der Waals surface area contributed by atoms with Crippen LogP contribution in [0.3, 0.4) is 0 Å². The predicted octanol–water partition coefficient (Wildman–Crippen LogP) is 2.44. The molecule has 0 amide bonds. The van der Waals surface area contributed by atoms with Crippen molar-refractivity contribution in [1.29, 1.82) is 0 Å². The first-order chi connectivity index (χ1) is 13.2. The van der Waals surface area contributed by atoms with Crippen molar-refractivity contribution in [3.63, 3.8) is 0 Å². The summed E-state index contributed by atoms with van der Waals surface area (Å²) in [5, 5.41) is 22.1. The zero-order valence-corrected chi connectivity index (χ0v) is 15.8. The summed E-state index contributed by atoms with van der Waals surface area (Å²) in [5.74, 6) is -1.51. The highest BCUT2D eigenvalue weighted by Gasteiger charge is 2.55. The molecular weight excluding hydrogens is 358 g/mol. The average molecular weight is 377 g/mol. The minimum atomic E-state index is -0.800. The molecule has 5 rings (SSSR count). The van der Waals surface area contributed by atoms with Gasteiger partial charge in [-0.15, -0.1) is 0 Å². The smallest absolute Gasteiger partial charge is 0.198 e. The van der Waals surface area contributed by atoms with E-state index in [1.807, 2.05) is 4.90 Å². The van der Waals surface area contributed by atoms with Crippen LogP contribution in [-0.2, 0) is 11.2 Å². The van der Waals surface area contributed by atoms with E-state index in [1.54, 1.807) is 39.1 Å². The Bertz CT molecular complexity index is 1150. The summed E-state index contributed by atoms with van der Waals surface area (Å²) in [6, 6.07) is 4.55. The number of phenols is 2. The standard InChI is InChI=1S/C22H19NO5/c1-9-5-4-6-10-14(9)20(27)17-16(18(10)25)19(26)11-8-22(2)13(24)7-12(23(22)3)15(11)21(17)28/h4-6,12,26,28H,7-8H2,1-3H3. The number of aromatic hydroxyl groups is 2. The van der Waals surface area contributed by atoms with Crippen molar-refractivity contribution in [3.8, 4) is 11.5 Å². The molecule has 0 radical (unpaired) electrons. The van der Waals surface area contributed by atoms with Crippen LogP contribution in [-0.4, -0.2) is 45.0 Å². The third-order valence-corrected chi connectivity index (χ3v) is 6.87. The molecule has 2 aromatic rings. The van der Waals surface area contributed by atoms with Crippen LogP contribution in [0.1, 0.15) is 67.9 Å². The molecule has 0 aromatic heterocycles. The monoisotopic (exact) mass is 377 g/mol. The molecule has 2 N–H and O–H groups in total. The molecular formula is C22H19NO5. The van der Waals surface area contributed by atoms with Gasteiger partial charge in [0.05, 0.1) is 16.7 Å². The van der Waals surface area contributed by atoms with Crippen LogP contribution in [0.2, 0.25) is 0 Å². The van der Waals surface area contributed by atoms with Crippen LogP contribution in [0, 0.1) is 6.92 Å². The lowest BCUT2D eigenvalue weighted by molar-refractivity contribution is -0.124. The molecule has 1 saturated heterocycles. The van der Waals surface area contributed by atoms with Gasteiger partial charge in [0, 0.05) is 41.1 Å². The quantitative estimate of drug-likeness (QED) is 0.585. The van der Waals surface area contributed by atoms with E-state index in [2.05, 4.69) is 0 Å². The lowest BCUT2D eigenvalue weighted by Gasteiger charge is -2.41. The number of Topliss-reactive ketones (excluding diaryl/α,β-unsaturated/α-hetero) is 1. The minimum absolute atomic E-state index is 0.0183.